The number of hydrogen-bond donors (Lipinski definition) is 1. The minimum absolute atomic E-state index is 0.276. The molecule has 3 rings (SSSR count). The van der Waals surface area contributed by atoms with Crippen LogP contribution < -0.4 is 5.32 Å². The molecule has 3 aliphatic rings. The largest absolute Gasteiger partial charge is 0.375 e. The molecule has 1 unspecified atom stereocenters. The van der Waals surface area contributed by atoms with Crippen LogP contribution in [-0.4, -0.2) is 24.8 Å². The average molecular weight is 223 g/mol. The number of rotatable bonds is 3. The van der Waals surface area contributed by atoms with Gasteiger partial charge in [0.15, 0.2) is 0 Å². The predicted molar refractivity (Wildman–Crippen MR) is 65.5 cm³/mol. The molecule has 1 aliphatic heterocycles. The minimum atomic E-state index is 0.276. The molecular formula is C14H25NO. The monoisotopic (exact) mass is 223 g/mol. The van der Waals surface area contributed by atoms with E-state index in [1.54, 1.807) is 0 Å². The summed E-state index contributed by atoms with van der Waals surface area (Å²) >= 11 is 0. The van der Waals surface area contributed by atoms with Crippen LogP contribution in [0, 0.1) is 5.92 Å². The van der Waals surface area contributed by atoms with Gasteiger partial charge in [-0.25, -0.2) is 0 Å². The highest BCUT2D eigenvalue weighted by molar-refractivity contribution is 4.92. The van der Waals surface area contributed by atoms with Crippen molar-refractivity contribution >= 4 is 0 Å². The molecule has 0 aromatic rings. The zero-order chi connectivity index (χ0) is 10.8. The first-order chi connectivity index (χ1) is 7.86. The van der Waals surface area contributed by atoms with Crippen molar-refractivity contribution in [2.24, 2.45) is 5.92 Å². The van der Waals surface area contributed by atoms with Gasteiger partial charge in [0, 0.05) is 12.6 Å². The molecule has 92 valence electrons. The first kappa shape index (κ1) is 11.0. The normalized spacial score (nSPS) is 34.1. The fourth-order valence-electron chi connectivity index (χ4n) is 3.40. The number of ether oxygens (including phenoxy) is 1. The molecule has 2 heteroatoms. The van der Waals surface area contributed by atoms with Gasteiger partial charge >= 0.3 is 0 Å². The summed E-state index contributed by atoms with van der Waals surface area (Å²) in [4.78, 5) is 0. The van der Waals surface area contributed by atoms with Crippen molar-refractivity contribution in [3.05, 3.63) is 0 Å². The van der Waals surface area contributed by atoms with Gasteiger partial charge in [-0.2, -0.15) is 0 Å². The molecular weight excluding hydrogens is 198 g/mol. The van der Waals surface area contributed by atoms with Gasteiger partial charge < -0.3 is 10.1 Å². The maximum absolute atomic E-state index is 6.12. The van der Waals surface area contributed by atoms with E-state index in [4.69, 9.17) is 4.74 Å². The van der Waals surface area contributed by atoms with E-state index in [1.807, 2.05) is 0 Å². The fraction of sp³-hybridized carbons (Fsp3) is 1.00. The molecule has 2 saturated carbocycles. The average Bonchev–Trinajstić information content (AvgIpc) is 3.11. The summed E-state index contributed by atoms with van der Waals surface area (Å²) in [6, 6.07) is 0.743. The summed E-state index contributed by atoms with van der Waals surface area (Å²) in [6.45, 7) is 2.25. The third-order valence-electron chi connectivity index (χ3n) is 4.65. The number of hydrogen-bond acceptors (Lipinski definition) is 2. The maximum Gasteiger partial charge on any atom is 0.0697 e. The van der Waals surface area contributed by atoms with Gasteiger partial charge in [0.25, 0.3) is 0 Å². The first-order valence-corrected chi connectivity index (χ1v) is 7.24. The highest BCUT2D eigenvalue weighted by Gasteiger charge is 2.38. The minimum Gasteiger partial charge on any atom is -0.375 e. The highest BCUT2D eigenvalue weighted by atomic mass is 16.5. The molecule has 2 aliphatic carbocycles. The van der Waals surface area contributed by atoms with Gasteiger partial charge in [-0.15, -0.1) is 0 Å². The lowest BCUT2D eigenvalue weighted by atomic mass is 9.78. The van der Waals surface area contributed by atoms with Crippen LogP contribution in [0.4, 0.5) is 0 Å². The molecule has 1 heterocycles. The lowest BCUT2D eigenvalue weighted by Crippen LogP contribution is -2.48. The standard InChI is InChI=1S/C14H25NO/c1-2-7-14(8-3-1)10-13(6-9-16-14)15-11-12-4-5-12/h12-13,15H,1-11H2. The van der Waals surface area contributed by atoms with Crippen molar-refractivity contribution in [2.75, 3.05) is 13.2 Å². The quantitative estimate of drug-likeness (QED) is 0.794. The summed E-state index contributed by atoms with van der Waals surface area (Å²) in [5.41, 5.74) is 0.276. The Morgan fingerprint density at radius 2 is 1.88 bits per heavy atom. The van der Waals surface area contributed by atoms with Crippen molar-refractivity contribution in [1.82, 2.24) is 5.32 Å². The Kier molecular flexibility index (Phi) is 3.21. The van der Waals surface area contributed by atoms with Gasteiger partial charge in [-0.05, 0) is 51.0 Å². The Balaban J connectivity index is 1.51. The van der Waals surface area contributed by atoms with Gasteiger partial charge in [0.2, 0.25) is 0 Å². The van der Waals surface area contributed by atoms with E-state index in [0.29, 0.717) is 0 Å². The van der Waals surface area contributed by atoms with Gasteiger partial charge in [-0.3, -0.25) is 0 Å². The molecule has 2 nitrogen and oxygen atoms in total. The third kappa shape index (κ3) is 2.60. The van der Waals surface area contributed by atoms with Crippen molar-refractivity contribution in [3.63, 3.8) is 0 Å². The molecule has 0 amide bonds. The fourth-order valence-corrected chi connectivity index (χ4v) is 3.40. The van der Waals surface area contributed by atoms with E-state index in [1.165, 1.54) is 64.3 Å². The van der Waals surface area contributed by atoms with Crippen LogP contribution in [0.2, 0.25) is 0 Å². The van der Waals surface area contributed by atoms with E-state index in [9.17, 15) is 0 Å². The molecule has 0 aromatic carbocycles. The Morgan fingerprint density at radius 3 is 2.62 bits per heavy atom. The molecule has 0 bridgehead atoms. The third-order valence-corrected chi connectivity index (χ3v) is 4.65. The van der Waals surface area contributed by atoms with Gasteiger partial charge in [0.05, 0.1) is 5.60 Å². The van der Waals surface area contributed by atoms with Crippen LogP contribution in [-0.2, 0) is 4.74 Å². The Bertz CT molecular complexity index is 225. The lowest BCUT2D eigenvalue weighted by Gasteiger charge is -2.43. The second-order valence-electron chi connectivity index (χ2n) is 6.13. The molecule has 1 spiro atoms. The predicted octanol–water partition coefficient (Wildman–Crippen LogP) is 2.87. The van der Waals surface area contributed by atoms with Crippen LogP contribution in [0.15, 0.2) is 0 Å². The summed E-state index contributed by atoms with van der Waals surface area (Å²) in [5.74, 6) is 1.00. The molecule has 0 radical (unpaired) electrons. The summed E-state index contributed by atoms with van der Waals surface area (Å²) in [5, 5.41) is 3.78. The lowest BCUT2D eigenvalue weighted by molar-refractivity contribution is -0.109. The zero-order valence-electron chi connectivity index (χ0n) is 10.3. The van der Waals surface area contributed by atoms with E-state index in [2.05, 4.69) is 5.32 Å². The van der Waals surface area contributed by atoms with Gasteiger partial charge in [-0.1, -0.05) is 19.3 Å². The Labute approximate surface area is 99.1 Å². The Morgan fingerprint density at radius 1 is 1.06 bits per heavy atom. The molecule has 0 aromatic heterocycles. The summed E-state index contributed by atoms with van der Waals surface area (Å²) in [6.07, 6.45) is 12.2. The molecule has 1 N–H and O–H groups in total. The van der Waals surface area contributed by atoms with Crippen LogP contribution in [0.1, 0.15) is 57.8 Å². The van der Waals surface area contributed by atoms with Crippen LogP contribution in [0.25, 0.3) is 0 Å². The van der Waals surface area contributed by atoms with Crippen molar-refractivity contribution in [2.45, 2.75) is 69.4 Å². The van der Waals surface area contributed by atoms with Crippen molar-refractivity contribution in [1.29, 1.82) is 0 Å². The highest BCUT2D eigenvalue weighted by Crippen LogP contribution is 2.38. The van der Waals surface area contributed by atoms with Crippen LogP contribution in [0.5, 0.6) is 0 Å². The van der Waals surface area contributed by atoms with Crippen molar-refractivity contribution < 1.29 is 4.74 Å². The molecule has 16 heavy (non-hydrogen) atoms. The first-order valence-electron chi connectivity index (χ1n) is 7.24. The summed E-state index contributed by atoms with van der Waals surface area (Å²) < 4.78 is 6.12. The topological polar surface area (TPSA) is 21.3 Å². The molecule has 3 fully saturated rings. The van der Waals surface area contributed by atoms with Crippen molar-refractivity contribution in [3.8, 4) is 0 Å². The van der Waals surface area contributed by atoms with Gasteiger partial charge in [0.1, 0.15) is 0 Å². The van der Waals surface area contributed by atoms with Crippen LogP contribution in [0.3, 0.4) is 0 Å². The molecule has 1 saturated heterocycles. The second-order valence-corrected chi connectivity index (χ2v) is 6.13. The summed E-state index contributed by atoms with van der Waals surface area (Å²) in [7, 11) is 0. The van der Waals surface area contributed by atoms with E-state index < -0.39 is 0 Å². The molecule has 1 atom stereocenters. The van der Waals surface area contributed by atoms with E-state index in [0.717, 1.165) is 18.6 Å². The SMILES string of the molecule is C1CCC2(CC1)CC(NCC1CC1)CCO2. The van der Waals surface area contributed by atoms with E-state index in [-0.39, 0.29) is 5.60 Å². The second kappa shape index (κ2) is 4.66. The number of nitrogens with one attached hydrogen (secondary N) is 1. The maximum atomic E-state index is 6.12. The van der Waals surface area contributed by atoms with Crippen LogP contribution >= 0.6 is 0 Å². The van der Waals surface area contributed by atoms with E-state index >= 15 is 0 Å². The smallest absolute Gasteiger partial charge is 0.0697 e. The zero-order valence-corrected chi connectivity index (χ0v) is 10.3. The Hall–Kier alpha value is -0.0800.